The fraction of sp³-hybridized carbons (Fsp3) is 0.586. The van der Waals surface area contributed by atoms with Crippen molar-refractivity contribution in [1.29, 1.82) is 0 Å². The van der Waals surface area contributed by atoms with E-state index in [0.29, 0.717) is 6.42 Å². The summed E-state index contributed by atoms with van der Waals surface area (Å²) in [4.78, 5) is 51.7. The number of fused-ring (bicyclic) bond motifs is 4. The van der Waals surface area contributed by atoms with Crippen LogP contribution in [-0.4, -0.2) is 49.4 Å². The Bertz CT molecular complexity index is 1210. The molecule has 1 aromatic rings. The lowest BCUT2D eigenvalue weighted by Gasteiger charge is -2.62. The van der Waals surface area contributed by atoms with Gasteiger partial charge in [0.15, 0.2) is 5.78 Å². The average Bonchev–Trinajstić information content (AvgIpc) is 3.56. The number of furan rings is 1. The zero-order valence-electron chi connectivity index (χ0n) is 22.1. The fourth-order valence-corrected chi connectivity index (χ4v) is 8.31. The highest BCUT2D eigenvalue weighted by atomic mass is 16.6. The highest BCUT2D eigenvalue weighted by molar-refractivity contribution is 5.98. The van der Waals surface area contributed by atoms with E-state index in [1.165, 1.54) is 20.1 Å². The van der Waals surface area contributed by atoms with Crippen LogP contribution < -0.4 is 0 Å². The largest absolute Gasteiger partial charge is 0.472 e. The zero-order chi connectivity index (χ0) is 26.9. The van der Waals surface area contributed by atoms with Gasteiger partial charge in [0.05, 0.1) is 32.2 Å². The Labute approximate surface area is 216 Å². The monoisotopic (exact) mass is 510 g/mol. The van der Waals surface area contributed by atoms with Crippen LogP contribution >= 0.6 is 0 Å². The van der Waals surface area contributed by atoms with E-state index in [1.54, 1.807) is 25.5 Å². The number of carbonyl (C=O) groups excluding carboxylic acids is 4. The highest BCUT2D eigenvalue weighted by Gasteiger charge is 2.74. The number of allylic oxidation sites excluding steroid dienone is 3. The number of hydrogen-bond acceptors (Lipinski definition) is 8. The molecule has 4 aliphatic rings. The Hall–Kier alpha value is -3.00. The normalized spacial score (nSPS) is 42.2. The summed E-state index contributed by atoms with van der Waals surface area (Å²) in [6.07, 6.45) is 6.04. The van der Waals surface area contributed by atoms with Gasteiger partial charge in [-0.3, -0.25) is 14.4 Å². The van der Waals surface area contributed by atoms with E-state index in [-0.39, 0.29) is 24.2 Å². The molecule has 2 heterocycles. The van der Waals surface area contributed by atoms with Crippen LogP contribution in [0.3, 0.4) is 0 Å². The number of methoxy groups -OCH3 is 1. The quantitative estimate of drug-likeness (QED) is 0.333. The number of esters is 2. The third-order valence-electron chi connectivity index (χ3n) is 9.82. The Morgan fingerprint density at radius 1 is 1.22 bits per heavy atom. The summed E-state index contributed by atoms with van der Waals surface area (Å²) in [7, 11) is 1.33. The van der Waals surface area contributed by atoms with Crippen molar-refractivity contribution in [3.8, 4) is 0 Å². The van der Waals surface area contributed by atoms with Crippen LogP contribution in [-0.2, 0) is 33.4 Å². The van der Waals surface area contributed by atoms with E-state index in [1.807, 2.05) is 19.9 Å². The Balaban J connectivity index is 1.77. The Kier molecular flexibility index (Phi) is 5.90. The summed E-state index contributed by atoms with van der Waals surface area (Å²) < 4.78 is 23.2. The summed E-state index contributed by atoms with van der Waals surface area (Å²) in [5.74, 6) is -2.39. The smallest absolute Gasteiger partial charge is 0.305 e. The summed E-state index contributed by atoms with van der Waals surface area (Å²) in [5.41, 5.74) is 0.0221. The molecule has 0 aromatic carbocycles. The van der Waals surface area contributed by atoms with Crippen LogP contribution in [0.15, 0.2) is 46.3 Å². The molecule has 3 aliphatic carbocycles. The van der Waals surface area contributed by atoms with E-state index < -0.39 is 52.2 Å². The topological polar surface area (TPSA) is 109 Å². The maximum absolute atomic E-state index is 13.9. The number of ketones is 1. The van der Waals surface area contributed by atoms with Crippen molar-refractivity contribution in [2.45, 2.75) is 71.7 Å². The molecule has 9 atom stereocenters. The van der Waals surface area contributed by atoms with Gasteiger partial charge in [-0.05, 0) is 49.5 Å². The van der Waals surface area contributed by atoms with Gasteiger partial charge in [-0.1, -0.05) is 25.5 Å². The number of rotatable bonds is 5. The molecule has 1 saturated carbocycles. The summed E-state index contributed by atoms with van der Waals surface area (Å²) in [6, 6.07) is 1.94. The molecular formula is C29H34O8. The summed E-state index contributed by atoms with van der Waals surface area (Å²) in [5, 5.41) is 0. The van der Waals surface area contributed by atoms with Crippen LogP contribution in [0.5, 0.6) is 0 Å². The SMILES string of the molecule is COC(=O)C[C@H]1[C@]2(C)C3=C(C)[C@H](c4ccoc4)C[C@H]3O[C@@H]2[C@H](OC(C)=O)[C@H]2[C@](C)(C=O)C=CC(=O)[C@]12C. The van der Waals surface area contributed by atoms with Crippen LogP contribution in [0.1, 0.15) is 58.9 Å². The van der Waals surface area contributed by atoms with Crippen molar-refractivity contribution >= 4 is 24.0 Å². The van der Waals surface area contributed by atoms with E-state index >= 15 is 0 Å². The van der Waals surface area contributed by atoms with E-state index in [0.717, 1.165) is 23.0 Å². The molecular weight excluding hydrogens is 476 g/mol. The van der Waals surface area contributed by atoms with Crippen molar-refractivity contribution in [2.75, 3.05) is 7.11 Å². The van der Waals surface area contributed by atoms with Crippen LogP contribution in [0.4, 0.5) is 0 Å². The zero-order valence-corrected chi connectivity index (χ0v) is 22.1. The lowest BCUT2D eigenvalue weighted by Crippen LogP contribution is -2.69. The first kappa shape index (κ1) is 25.6. The molecule has 0 spiro atoms. The maximum atomic E-state index is 13.9. The van der Waals surface area contributed by atoms with Crippen LogP contribution in [0.25, 0.3) is 0 Å². The van der Waals surface area contributed by atoms with Crippen molar-refractivity contribution in [2.24, 2.45) is 28.1 Å². The van der Waals surface area contributed by atoms with Gasteiger partial charge in [-0.2, -0.15) is 0 Å². The summed E-state index contributed by atoms with van der Waals surface area (Å²) in [6.45, 7) is 8.96. The molecule has 5 rings (SSSR count). The first-order valence-corrected chi connectivity index (χ1v) is 12.8. The number of carbonyl (C=O) groups is 4. The Morgan fingerprint density at radius 2 is 1.95 bits per heavy atom. The third kappa shape index (κ3) is 3.37. The molecule has 0 N–H and O–H groups in total. The highest BCUT2D eigenvalue weighted by Crippen LogP contribution is 2.70. The maximum Gasteiger partial charge on any atom is 0.305 e. The molecule has 198 valence electrons. The van der Waals surface area contributed by atoms with Gasteiger partial charge >= 0.3 is 11.9 Å². The minimum atomic E-state index is -1.21. The second-order valence-electron chi connectivity index (χ2n) is 11.6. The average molecular weight is 511 g/mol. The molecule has 37 heavy (non-hydrogen) atoms. The predicted molar refractivity (Wildman–Crippen MR) is 131 cm³/mol. The second kappa shape index (κ2) is 8.51. The first-order valence-electron chi connectivity index (χ1n) is 12.8. The number of ether oxygens (including phenoxy) is 3. The molecule has 0 amide bonds. The molecule has 2 fully saturated rings. The van der Waals surface area contributed by atoms with Gasteiger partial charge < -0.3 is 23.4 Å². The van der Waals surface area contributed by atoms with E-state index in [4.69, 9.17) is 18.6 Å². The molecule has 8 nitrogen and oxygen atoms in total. The third-order valence-corrected chi connectivity index (χ3v) is 9.82. The van der Waals surface area contributed by atoms with Gasteiger partial charge in [0.25, 0.3) is 0 Å². The predicted octanol–water partition coefficient (Wildman–Crippen LogP) is 3.95. The molecule has 0 unspecified atom stereocenters. The molecule has 8 heteroatoms. The first-order chi connectivity index (χ1) is 17.4. The van der Waals surface area contributed by atoms with Gasteiger partial charge in [0.1, 0.15) is 18.5 Å². The minimum absolute atomic E-state index is 0.0406. The van der Waals surface area contributed by atoms with Crippen LogP contribution in [0.2, 0.25) is 0 Å². The summed E-state index contributed by atoms with van der Waals surface area (Å²) >= 11 is 0. The Morgan fingerprint density at radius 3 is 2.54 bits per heavy atom. The molecule has 0 bridgehead atoms. The van der Waals surface area contributed by atoms with Crippen molar-refractivity contribution < 1.29 is 37.8 Å². The van der Waals surface area contributed by atoms with E-state index in [2.05, 4.69) is 6.92 Å². The number of hydrogen-bond donors (Lipinski definition) is 0. The second-order valence-corrected chi connectivity index (χ2v) is 11.6. The molecule has 0 radical (unpaired) electrons. The minimum Gasteiger partial charge on any atom is -0.472 e. The lowest BCUT2D eigenvalue weighted by atomic mass is 9.41. The van der Waals surface area contributed by atoms with Crippen molar-refractivity contribution in [3.63, 3.8) is 0 Å². The fourth-order valence-electron chi connectivity index (χ4n) is 8.31. The molecule has 1 aromatic heterocycles. The standard InChI is InChI=1S/C29H34O8/c1-15-18(17-8-10-35-13-17)11-19-23(15)29(5)20(12-22(33)34-6)28(4)21(32)7-9-27(3,14-30)25(28)24(26(29)37-19)36-16(2)31/h7-10,13-14,18-20,24-26H,11-12H2,1-6H3/t18-,19-,20-,24-,25+,26-,27+,28+,29-/m1/s1. The van der Waals surface area contributed by atoms with Gasteiger partial charge in [-0.15, -0.1) is 0 Å². The molecule has 1 aliphatic heterocycles. The molecule has 1 saturated heterocycles. The lowest BCUT2D eigenvalue weighted by molar-refractivity contribution is -0.221. The van der Waals surface area contributed by atoms with Crippen molar-refractivity contribution in [3.05, 3.63) is 47.5 Å². The van der Waals surface area contributed by atoms with E-state index in [9.17, 15) is 19.2 Å². The van der Waals surface area contributed by atoms with Gasteiger partial charge in [0.2, 0.25) is 0 Å². The number of aldehydes is 1. The van der Waals surface area contributed by atoms with Crippen molar-refractivity contribution in [1.82, 2.24) is 0 Å². The van der Waals surface area contributed by atoms with Gasteiger partial charge in [-0.25, -0.2) is 0 Å². The van der Waals surface area contributed by atoms with Crippen LogP contribution in [0, 0.1) is 28.1 Å². The van der Waals surface area contributed by atoms with Gasteiger partial charge in [0, 0.05) is 35.0 Å².